The molecule has 0 aromatic heterocycles. The molecule has 0 amide bonds. The number of hydrogen-bond acceptors (Lipinski definition) is 5. The molecule has 0 radical (unpaired) electrons. The Morgan fingerprint density at radius 2 is 1.94 bits per heavy atom. The van der Waals surface area contributed by atoms with E-state index >= 15 is 0 Å². The van der Waals surface area contributed by atoms with Crippen molar-refractivity contribution in [3.8, 4) is 6.07 Å². The summed E-state index contributed by atoms with van der Waals surface area (Å²) in [5.74, 6) is 0. The monoisotopic (exact) mass is 227 g/mol. The van der Waals surface area contributed by atoms with Gasteiger partial charge in [-0.25, -0.2) is 0 Å². The molecule has 92 valence electrons. The predicted molar refractivity (Wildman–Crippen MR) is 60.2 cm³/mol. The van der Waals surface area contributed by atoms with Crippen molar-refractivity contribution in [2.45, 2.75) is 51.2 Å². The number of aliphatic hydroxyl groups excluding tert-OH is 1. The summed E-state index contributed by atoms with van der Waals surface area (Å²) in [6.45, 7) is 6.84. The van der Waals surface area contributed by atoms with Gasteiger partial charge in [-0.3, -0.25) is 4.90 Å². The van der Waals surface area contributed by atoms with E-state index in [1.165, 1.54) is 0 Å². The van der Waals surface area contributed by atoms with Gasteiger partial charge in [-0.15, -0.1) is 0 Å². The number of nitrogens with zero attached hydrogens (tertiary/aromatic N) is 2. The van der Waals surface area contributed by atoms with Crippen molar-refractivity contribution in [3.63, 3.8) is 0 Å². The highest BCUT2D eigenvalue weighted by atomic mass is 16.6. The summed E-state index contributed by atoms with van der Waals surface area (Å²) in [5.41, 5.74) is 4.72. The molecule has 1 saturated heterocycles. The number of rotatable bonds is 2. The Balaban J connectivity index is 2.46. The van der Waals surface area contributed by atoms with E-state index in [9.17, 15) is 5.11 Å². The SMILES string of the molecule is CC(C)(C)OC(O)N1CCC(N)(C#N)CC1. The lowest BCUT2D eigenvalue weighted by molar-refractivity contribution is -0.243. The van der Waals surface area contributed by atoms with Crippen LogP contribution in [0, 0.1) is 11.3 Å². The minimum Gasteiger partial charge on any atom is -0.356 e. The summed E-state index contributed by atoms with van der Waals surface area (Å²) >= 11 is 0. The maximum atomic E-state index is 9.83. The van der Waals surface area contributed by atoms with Crippen LogP contribution in [0.1, 0.15) is 33.6 Å². The Bertz CT molecular complexity index is 272. The molecule has 1 heterocycles. The molecule has 0 aliphatic carbocycles. The van der Waals surface area contributed by atoms with Gasteiger partial charge in [0, 0.05) is 13.1 Å². The van der Waals surface area contributed by atoms with Crippen LogP contribution >= 0.6 is 0 Å². The zero-order valence-electron chi connectivity index (χ0n) is 10.2. The second-order valence-electron chi connectivity index (χ2n) is 5.36. The molecule has 1 aliphatic rings. The van der Waals surface area contributed by atoms with Crippen LogP contribution in [0.5, 0.6) is 0 Å². The Labute approximate surface area is 96.8 Å². The zero-order chi connectivity index (χ0) is 12.4. The summed E-state index contributed by atoms with van der Waals surface area (Å²) in [6, 6.07) is 2.12. The molecule has 1 atom stereocenters. The van der Waals surface area contributed by atoms with E-state index in [1.807, 2.05) is 20.8 Å². The van der Waals surface area contributed by atoms with Gasteiger partial charge < -0.3 is 15.6 Å². The van der Waals surface area contributed by atoms with Gasteiger partial charge in [0.1, 0.15) is 5.54 Å². The molecule has 0 aromatic rings. The molecule has 0 saturated carbocycles. The second kappa shape index (κ2) is 4.68. The molecule has 5 nitrogen and oxygen atoms in total. The third-order valence-corrected chi connectivity index (χ3v) is 2.68. The second-order valence-corrected chi connectivity index (χ2v) is 5.36. The van der Waals surface area contributed by atoms with Crippen molar-refractivity contribution >= 4 is 0 Å². The Morgan fingerprint density at radius 3 is 2.31 bits per heavy atom. The minimum atomic E-state index is -0.914. The maximum absolute atomic E-state index is 9.83. The number of ether oxygens (including phenoxy) is 1. The van der Waals surface area contributed by atoms with E-state index < -0.39 is 12.0 Å². The van der Waals surface area contributed by atoms with Gasteiger partial charge in [-0.2, -0.15) is 5.26 Å². The van der Waals surface area contributed by atoms with E-state index in [0.717, 1.165) is 0 Å². The number of likely N-dealkylation sites (tertiary alicyclic amines) is 1. The molecule has 1 rings (SSSR count). The highest BCUT2D eigenvalue weighted by molar-refractivity contribution is 5.07. The van der Waals surface area contributed by atoms with Crippen molar-refractivity contribution in [3.05, 3.63) is 0 Å². The quantitative estimate of drug-likeness (QED) is 0.667. The summed E-state index contributed by atoms with van der Waals surface area (Å²) in [7, 11) is 0. The Kier molecular flexibility index (Phi) is 3.92. The number of piperidine rings is 1. The van der Waals surface area contributed by atoms with Crippen molar-refractivity contribution in [2.24, 2.45) is 5.73 Å². The van der Waals surface area contributed by atoms with Crippen molar-refractivity contribution in [2.75, 3.05) is 13.1 Å². The van der Waals surface area contributed by atoms with E-state index in [-0.39, 0.29) is 5.60 Å². The van der Waals surface area contributed by atoms with Crippen molar-refractivity contribution in [1.29, 1.82) is 5.26 Å². The molecular formula is C11H21N3O2. The first kappa shape index (κ1) is 13.4. The van der Waals surface area contributed by atoms with Gasteiger partial charge in [-0.1, -0.05) is 0 Å². The van der Waals surface area contributed by atoms with Gasteiger partial charge in [0.25, 0.3) is 0 Å². The Hall–Kier alpha value is -0.670. The highest BCUT2D eigenvalue weighted by Crippen LogP contribution is 2.21. The summed E-state index contributed by atoms with van der Waals surface area (Å²) < 4.78 is 5.44. The molecule has 0 spiro atoms. The van der Waals surface area contributed by atoms with Gasteiger partial charge in [0.2, 0.25) is 6.41 Å². The predicted octanol–water partition coefficient (Wildman–Crippen LogP) is 0.394. The van der Waals surface area contributed by atoms with Crippen LogP contribution < -0.4 is 5.73 Å². The van der Waals surface area contributed by atoms with Crippen LogP contribution in [-0.2, 0) is 4.74 Å². The van der Waals surface area contributed by atoms with E-state index in [1.54, 1.807) is 4.90 Å². The summed E-state index contributed by atoms with van der Waals surface area (Å²) in [4.78, 5) is 1.80. The van der Waals surface area contributed by atoms with Crippen LogP contribution in [0.25, 0.3) is 0 Å². The van der Waals surface area contributed by atoms with Crippen LogP contribution in [0.4, 0.5) is 0 Å². The molecule has 0 aromatic carbocycles. The van der Waals surface area contributed by atoms with Gasteiger partial charge in [0.15, 0.2) is 0 Å². The number of nitriles is 1. The van der Waals surface area contributed by atoms with E-state index in [2.05, 4.69) is 6.07 Å². The molecule has 16 heavy (non-hydrogen) atoms. The fourth-order valence-corrected chi connectivity index (χ4v) is 1.65. The van der Waals surface area contributed by atoms with E-state index in [4.69, 9.17) is 15.7 Å². The van der Waals surface area contributed by atoms with E-state index in [0.29, 0.717) is 25.9 Å². The third-order valence-electron chi connectivity index (χ3n) is 2.68. The standard InChI is InChI=1S/C11H21N3O2/c1-10(2,3)16-9(15)14-6-4-11(13,8-12)5-7-14/h9,15H,4-7,13H2,1-3H3. The van der Waals surface area contributed by atoms with Crippen LogP contribution in [0.3, 0.4) is 0 Å². The molecule has 3 N–H and O–H groups in total. The zero-order valence-corrected chi connectivity index (χ0v) is 10.2. The lowest BCUT2D eigenvalue weighted by Crippen LogP contribution is -2.53. The topological polar surface area (TPSA) is 82.5 Å². The summed E-state index contributed by atoms with van der Waals surface area (Å²) in [6.07, 6.45) is 0.213. The molecule has 1 aliphatic heterocycles. The minimum absolute atomic E-state index is 0.383. The normalized spacial score (nSPS) is 23.8. The molecule has 1 fully saturated rings. The van der Waals surface area contributed by atoms with Crippen molar-refractivity contribution in [1.82, 2.24) is 4.90 Å². The summed E-state index contributed by atoms with van der Waals surface area (Å²) in [5, 5.41) is 18.7. The fraction of sp³-hybridized carbons (Fsp3) is 0.909. The third kappa shape index (κ3) is 3.72. The fourth-order valence-electron chi connectivity index (χ4n) is 1.65. The smallest absolute Gasteiger partial charge is 0.216 e. The van der Waals surface area contributed by atoms with Gasteiger partial charge in [-0.05, 0) is 33.6 Å². The number of hydrogen-bond donors (Lipinski definition) is 2. The molecule has 5 heteroatoms. The van der Waals surface area contributed by atoms with Crippen LogP contribution in [-0.4, -0.2) is 40.6 Å². The van der Waals surface area contributed by atoms with Gasteiger partial charge in [0.05, 0.1) is 11.7 Å². The first-order valence-electron chi connectivity index (χ1n) is 5.56. The lowest BCUT2D eigenvalue weighted by Gasteiger charge is -2.38. The average Bonchev–Trinajstić information content (AvgIpc) is 2.16. The molecule has 0 bridgehead atoms. The Morgan fingerprint density at radius 1 is 1.44 bits per heavy atom. The van der Waals surface area contributed by atoms with Crippen LogP contribution in [0.15, 0.2) is 0 Å². The number of nitrogens with two attached hydrogens (primary N) is 1. The first-order valence-corrected chi connectivity index (χ1v) is 5.56. The van der Waals surface area contributed by atoms with Crippen LogP contribution in [0.2, 0.25) is 0 Å². The van der Waals surface area contributed by atoms with Gasteiger partial charge >= 0.3 is 0 Å². The average molecular weight is 227 g/mol. The lowest BCUT2D eigenvalue weighted by atomic mass is 9.90. The van der Waals surface area contributed by atoms with Crippen molar-refractivity contribution < 1.29 is 9.84 Å². The number of aliphatic hydroxyl groups is 1. The first-order chi connectivity index (χ1) is 7.26. The maximum Gasteiger partial charge on any atom is 0.216 e. The highest BCUT2D eigenvalue weighted by Gasteiger charge is 2.34. The molecular weight excluding hydrogens is 206 g/mol. The molecule has 1 unspecified atom stereocenters. The largest absolute Gasteiger partial charge is 0.356 e.